The van der Waals surface area contributed by atoms with Crippen LogP contribution in [0.15, 0.2) is 24.3 Å². The van der Waals surface area contributed by atoms with E-state index >= 15 is 0 Å². The highest BCUT2D eigenvalue weighted by atomic mass is 32.2. The molecule has 1 saturated heterocycles. The first-order valence-electron chi connectivity index (χ1n) is 10.6. The van der Waals surface area contributed by atoms with E-state index in [0.717, 1.165) is 35.7 Å². The molecule has 1 heterocycles. The number of rotatable bonds is 3. The van der Waals surface area contributed by atoms with Crippen LogP contribution in [0.5, 0.6) is 11.5 Å². The Kier molecular flexibility index (Phi) is 5.12. The standard InChI is InChI=1S/C25H29NO4S/c1-13-8-17-18(25(4,5)7-6-24(17,2)3)11-15(13)16-9-14(19(27)12-20(16)28)10-21-22(29)26-23(30)31-21/h8-9,11-12,21,27-28H,6-7,10H2,1-5H3,(H,26,29,30). The predicted octanol–water partition coefficient (Wildman–Crippen LogP) is 5.32. The molecule has 0 spiro atoms. The van der Waals surface area contributed by atoms with Crippen molar-refractivity contribution in [3.05, 3.63) is 46.5 Å². The lowest BCUT2D eigenvalue weighted by molar-refractivity contribution is -0.118. The minimum absolute atomic E-state index is 0.00298. The summed E-state index contributed by atoms with van der Waals surface area (Å²) in [5, 5.41) is 22.4. The summed E-state index contributed by atoms with van der Waals surface area (Å²) in [6, 6.07) is 7.49. The molecule has 5 nitrogen and oxygen atoms in total. The molecule has 1 aliphatic heterocycles. The van der Waals surface area contributed by atoms with E-state index in [0.29, 0.717) is 11.1 Å². The average molecular weight is 440 g/mol. The number of hydrogen-bond donors (Lipinski definition) is 3. The van der Waals surface area contributed by atoms with Crippen molar-refractivity contribution < 1.29 is 19.8 Å². The smallest absolute Gasteiger partial charge is 0.286 e. The van der Waals surface area contributed by atoms with E-state index in [1.54, 1.807) is 6.07 Å². The van der Waals surface area contributed by atoms with Crippen LogP contribution in [-0.4, -0.2) is 26.6 Å². The Morgan fingerprint density at radius 3 is 2.13 bits per heavy atom. The number of carbonyl (C=O) groups excluding carboxylic acids is 2. The molecule has 31 heavy (non-hydrogen) atoms. The predicted molar refractivity (Wildman–Crippen MR) is 124 cm³/mol. The van der Waals surface area contributed by atoms with Gasteiger partial charge in [-0.05, 0) is 77.0 Å². The van der Waals surface area contributed by atoms with Crippen LogP contribution in [0.1, 0.15) is 62.8 Å². The van der Waals surface area contributed by atoms with Gasteiger partial charge in [0.25, 0.3) is 5.24 Å². The SMILES string of the molecule is Cc1cc2c(cc1-c1cc(CC3SC(=O)NC3=O)c(O)cc1O)C(C)(C)CCC2(C)C. The number of carbonyl (C=O) groups is 2. The quantitative estimate of drug-likeness (QED) is 0.603. The number of thioether (sulfide) groups is 1. The number of phenols is 2. The van der Waals surface area contributed by atoms with Crippen LogP contribution in [0, 0.1) is 6.92 Å². The maximum absolute atomic E-state index is 12.0. The fourth-order valence-corrected chi connectivity index (χ4v) is 5.59. The molecular formula is C25H29NO4S. The zero-order valence-electron chi connectivity index (χ0n) is 18.6. The summed E-state index contributed by atoms with van der Waals surface area (Å²) < 4.78 is 0. The van der Waals surface area contributed by atoms with E-state index in [1.807, 2.05) is 6.92 Å². The lowest BCUT2D eigenvalue weighted by atomic mass is 9.62. The number of aromatic hydroxyl groups is 2. The normalized spacial score (nSPS) is 21.6. The van der Waals surface area contributed by atoms with E-state index in [-0.39, 0.29) is 39.9 Å². The van der Waals surface area contributed by atoms with E-state index in [1.165, 1.54) is 17.2 Å². The molecule has 1 atom stereocenters. The summed E-state index contributed by atoms with van der Waals surface area (Å²) >= 11 is 0.931. The van der Waals surface area contributed by atoms with Crippen LogP contribution in [0.4, 0.5) is 4.79 Å². The molecular weight excluding hydrogens is 410 g/mol. The average Bonchev–Trinajstić information content (AvgIpc) is 2.98. The Labute approximate surface area is 187 Å². The molecule has 2 aliphatic rings. The van der Waals surface area contributed by atoms with Gasteiger partial charge in [0.2, 0.25) is 5.91 Å². The van der Waals surface area contributed by atoms with Gasteiger partial charge in [0.15, 0.2) is 0 Å². The maximum atomic E-state index is 12.0. The first-order chi connectivity index (χ1) is 14.4. The molecule has 164 valence electrons. The van der Waals surface area contributed by atoms with Gasteiger partial charge in [-0.3, -0.25) is 14.9 Å². The van der Waals surface area contributed by atoms with Gasteiger partial charge in [0.05, 0.1) is 5.25 Å². The summed E-state index contributed by atoms with van der Waals surface area (Å²) in [6.45, 7) is 11.1. The number of imide groups is 1. The number of aryl methyl sites for hydroxylation is 1. The largest absolute Gasteiger partial charge is 0.508 e. The van der Waals surface area contributed by atoms with E-state index in [2.05, 4.69) is 45.1 Å². The summed E-state index contributed by atoms with van der Waals surface area (Å²) in [5.41, 5.74) is 5.89. The Bertz CT molecular complexity index is 1100. The van der Waals surface area contributed by atoms with Crippen LogP contribution in [-0.2, 0) is 22.0 Å². The lowest BCUT2D eigenvalue weighted by Gasteiger charge is -2.42. The molecule has 1 unspecified atom stereocenters. The fraction of sp³-hybridized carbons (Fsp3) is 0.440. The van der Waals surface area contributed by atoms with E-state index in [9.17, 15) is 19.8 Å². The molecule has 2 aromatic carbocycles. The van der Waals surface area contributed by atoms with Crippen molar-refractivity contribution in [1.82, 2.24) is 5.32 Å². The third-order valence-electron chi connectivity index (χ3n) is 6.86. The number of hydrogen-bond acceptors (Lipinski definition) is 5. The number of phenolic OH excluding ortho intramolecular Hbond substituents is 2. The van der Waals surface area contributed by atoms with Gasteiger partial charge in [0.1, 0.15) is 11.5 Å². The Hall–Kier alpha value is -2.47. The second-order valence-corrected chi connectivity index (χ2v) is 11.2. The van der Waals surface area contributed by atoms with Gasteiger partial charge in [-0.1, -0.05) is 45.5 Å². The highest BCUT2D eigenvalue weighted by molar-refractivity contribution is 8.15. The van der Waals surface area contributed by atoms with E-state index < -0.39 is 5.25 Å². The van der Waals surface area contributed by atoms with Crippen LogP contribution >= 0.6 is 11.8 Å². The van der Waals surface area contributed by atoms with Gasteiger partial charge in [-0.15, -0.1) is 0 Å². The van der Waals surface area contributed by atoms with Crippen molar-refractivity contribution in [2.24, 2.45) is 0 Å². The Morgan fingerprint density at radius 2 is 1.55 bits per heavy atom. The van der Waals surface area contributed by atoms with Crippen molar-refractivity contribution in [3.63, 3.8) is 0 Å². The minimum atomic E-state index is -0.583. The van der Waals surface area contributed by atoms with Gasteiger partial charge in [0, 0.05) is 11.6 Å². The van der Waals surface area contributed by atoms with Crippen molar-refractivity contribution in [2.75, 3.05) is 0 Å². The zero-order valence-corrected chi connectivity index (χ0v) is 19.4. The first kappa shape index (κ1) is 21.8. The van der Waals surface area contributed by atoms with Crippen LogP contribution in [0.2, 0.25) is 0 Å². The Morgan fingerprint density at radius 1 is 0.935 bits per heavy atom. The molecule has 3 N–H and O–H groups in total. The molecule has 0 saturated carbocycles. The number of nitrogens with one attached hydrogen (secondary N) is 1. The third-order valence-corrected chi connectivity index (χ3v) is 7.84. The molecule has 4 rings (SSSR count). The summed E-state index contributed by atoms with van der Waals surface area (Å²) in [4.78, 5) is 23.5. The maximum Gasteiger partial charge on any atom is 0.286 e. The molecule has 0 aromatic heterocycles. The summed E-state index contributed by atoms with van der Waals surface area (Å²) in [6.07, 6.45) is 2.43. The van der Waals surface area contributed by atoms with Crippen molar-refractivity contribution in [1.29, 1.82) is 0 Å². The molecule has 1 fully saturated rings. The number of benzene rings is 2. The molecule has 1 aliphatic carbocycles. The second kappa shape index (κ2) is 7.30. The van der Waals surface area contributed by atoms with Gasteiger partial charge in [-0.2, -0.15) is 0 Å². The zero-order chi connectivity index (χ0) is 22.7. The Balaban J connectivity index is 1.81. The first-order valence-corrected chi connectivity index (χ1v) is 11.5. The van der Waals surface area contributed by atoms with Gasteiger partial charge >= 0.3 is 0 Å². The third kappa shape index (κ3) is 3.82. The van der Waals surface area contributed by atoms with E-state index in [4.69, 9.17) is 0 Å². The lowest BCUT2D eigenvalue weighted by Crippen LogP contribution is -2.34. The topological polar surface area (TPSA) is 86.6 Å². The van der Waals surface area contributed by atoms with Crippen molar-refractivity contribution >= 4 is 22.9 Å². The minimum Gasteiger partial charge on any atom is -0.508 e. The van der Waals surface area contributed by atoms with Gasteiger partial charge in [-0.25, -0.2) is 0 Å². The van der Waals surface area contributed by atoms with Gasteiger partial charge < -0.3 is 10.2 Å². The highest BCUT2D eigenvalue weighted by Crippen LogP contribution is 2.48. The molecule has 0 radical (unpaired) electrons. The van der Waals surface area contributed by atoms with Crippen molar-refractivity contribution in [3.8, 4) is 22.6 Å². The molecule has 2 aromatic rings. The molecule has 6 heteroatoms. The number of amides is 2. The van der Waals surface area contributed by atoms with Crippen LogP contribution < -0.4 is 5.32 Å². The summed E-state index contributed by atoms with van der Waals surface area (Å²) in [5.74, 6) is -0.430. The molecule has 0 bridgehead atoms. The molecule has 2 amide bonds. The number of fused-ring (bicyclic) bond motifs is 1. The van der Waals surface area contributed by atoms with Crippen LogP contribution in [0.3, 0.4) is 0 Å². The monoisotopic (exact) mass is 439 g/mol. The fourth-order valence-electron chi connectivity index (χ4n) is 4.74. The van der Waals surface area contributed by atoms with Crippen molar-refractivity contribution in [2.45, 2.75) is 70.0 Å². The highest BCUT2D eigenvalue weighted by Gasteiger charge is 2.38. The summed E-state index contributed by atoms with van der Waals surface area (Å²) in [7, 11) is 0. The van der Waals surface area contributed by atoms with Crippen LogP contribution in [0.25, 0.3) is 11.1 Å². The second-order valence-electron chi connectivity index (χ2n) is 10.1.